The molecule has 0 fully saturated rings. The van der Waals surface area contributed by atoms with Gasteiger partial charge in [-0.3, -0.25) is 51.3 Å². The zero-order chi connectivity index (χ0) is 50.7. The standard InChI is InChI=1S/C48H30N8O14S/c1-2-3-20-70-48(59)42-26-33(56(66)67)25-41-45(42)37-19-13-31(54(62)63)23-39(37)47(41)52-50-29-10-16-35(17-11-29)71(68,69)34-14-8-28(9-15-34)49-51-46-38-22-30(53(60)61)12-18-36(38)44-27(6-4-5-7-43(57)58)21-32(55(64)65)24-40(44)46/h8-19,21-26,49-50H,2-3,20H2,1H3,(H,57,58). The summed E-state index contributed by atoms with van der Waals surface area (Å²) in [6.07, 6.45) is 1.26. The second-order valence-electron chi connectivity index (χ2n) is 15.3. The number of benzene rings is 6. The number of hydrogen-bond donors (Lipinski definition) is 3. The summed E-state index contributed by atoms with van der Waals surface area (Å²) in [6, 6.07) is 23.1. The van der Waals surface area contributed by atoms with Gasteiger partial charge in [0.2, 0.25) is 9.84 Å². The SMILES string of the molecule is CCCCOC(=O)c1cc([N+](=O)[O-])cc2c1-c1ccc([N+](=O)[O-])cc1C2=NNc1ccc(S(=O)(=O)c2ccc(NN=C3c4cc([N+](=O)[O-])ccc4-c4c(C#CC#CC(=O)O)cc([N+](=O)[O-])cc43)cc2)cc1. The van der Waals surface area contributed by atoms with Gasteiger partial charge in [-0.2, -0.15) is 10.2 Å². The van der Waals surface area contributed by atoms with E-state index in [9.17, 15) is 58.5 Å². The molecule has 0 heterocycles. The van der Waals surface area contributed by atoms with Gasteiger partial charge >= 0.3 is 11.9 Å². The van der Waals surface area contributed by atoms with Crippen LogP contribution in [0.4, 0.5) is 34.1 Å². The number of ether oxygens (including phenoxy) is 1. The molecule has 352 valence electrons. The van der Waals surface area contributed by atoms with Crippen molar-refractivity contribution in [3.05, 3.63) is 183 Å². The van der Waals surface area contributed by atoms with Gasteiger partial charge in [-0.1, -0.05) is 19.3 Å². The van der Waals surface area contributed by atoms with Crippen molar-refractivity contribution in [2.24, 2.45) is 10.2 Å². The molecule has 0 saturated carbocycles. The van der Waals surface area contributed by atoms with E-state index in [0.717, 1.165) is 18.6 Å². The Bertz CT molecular complexity index is 3640. The van der Waals surface area contributed by atoms with Gasteiger partial charge in [0.15, 0.2) is 0 Å². The molecule has 22 nitrogen and oxygen atoms in total. The Balaban J connectivity index is 1.07. The Labute approximate surface area is 399 Å². The maximum absolute atomic E-state index is 13.8. The first-order valence-electron chi connectivity index (χ1n) is 20.8. The summed E-state index contributed by atoms with van der Waals surface area (Å²) in [7, 11) is -4.17. The lowest BCUT2D eigenvalue weighted by Gasteiger charge is -2.10. The number of fused-ring (bicyclic) bond motifs is 6. The molecule has 0 aromatic heterocycles. The van der Waals surface area contributed by atoms with E-state index in [-0.39, 0.29) is 89.5 Å². The number of unbranched alkanes of at least 4 members (excludes halogenated alkanes) is 1. The third kappa shape index (κ3) is 9.42. The van der Waals surface area contributed by atoms with Gasteiger partial charge in [-0.05, 0) is 90.1 Å². The van der Waals surface area contributed by atoms with Crippen LogP contribution in [-0.2, 0) is 19.4 Å². The van der Waals surface area contributed by atoms with Crippen molar-refractivity contribution in [1.82, 2.24) is 0 Å². The predicted molar refractivity (Wildman–Crippen MR) is 255 cm³/mol. The van der Waals surface area contributed by atoms with Crippen LogP contribution in [-0.4, -0.2) is 63.2 Å². The molecular weight excluding hydrogens is 945 g/mol. The fourth-order valence-electron chi connectivity index (χ4n) is 7.69. The molecule has 2 aliphatic carbocycles. The van der Waals surface area contributed by atoms with Gasteiger partial charge < -0.3 is 9.84 Å². The van der Waals surface area contributed by atoms with E-state index in [4.69, 9.17) is 9.84 Å². The zero-order valence-corrected chi connectivity index (χ0v) is 37.2. The molecule has 0 spiro atoms. The summed E-state index contributed by atoms with van der Waals surface area (Å²) >= 11 is 0. The minimum Gasteiger partial charge on any atom is -0.472 e. The molecule has 6 aromatic rings. The Morgan fingerprint density at radius 1 is 0.606 bits per heavy atom. The maximum atomic E-state index is 13.8. The number of rotatable bonds is 14. The van der Waals surface area contributed by atoms with Crippen LogP contribution in [0.3, 0.4) is 0 Å². The molecule has 0 radical (unpaired) electrons. The number of anilines is 2. The summed E-state index contributed by atoms with van der Waals surface area (Å²) in [6.45, 7) is 1.95. The van der Waals surface area contributed by atoms with Crippen LogP contribution in [0.5, 0.6) is 0 Å². The number of carboxylic acids is 1. The van der Waals surface area contributed by atoms with Crippen LogP contribution in [0.25, 0.3) is 22.3 Å². The van der Waals surface area contributed by atoms with Crippen LogP contribution in [0.1, 0.15) is 57.9 Å². The highest BCUT2D eigenvalue weighted by Gasteiger charge is 2.35. The van der Waals surface area contributed by atoms with E-state index in [1.54, 1.807) is 0 Å². The smallest absolute Gasteiger partial charge is 0.382 e. The number of nitrogens with zero attached hydrogens (tertiary/aromatic N) is 6. The Hall–Kier alpha value is -10.1. The van der Waals surface area contributed by atoms with Crippen molar-refractivity contribution in [3.63, 3.8) is 0 Å². The van der Waals surface area contributed by atoms with Gasteiger partial charge in [-0.15, -0.1) is 0 Å². The third-order valence-electron chi connectivity index (χ3n) is 11.0. The van der Waals surface area contributed by atoms with Gasteiger partial charge in [-0.25, -0.2) is 18.0 Å². The fraction of sp³-hybridized carbons (Fsp3) is 0.0833. The van der Waals surface area contributed by atoms with Crippen molar-refractivity contribution in [3.8, 4) is 45.9 Å². The quantitative estimate of drug-likeness (QED) is 0.0303. The van der Waals surface area contributed by atoms with Crippen LogP contribution in [0, 0.1) is 64.1 Å². The topological polar surface area (TPSA) is 319 Å². The number of carbonyl (C=O) groups excluding carboxylic acids is 1. The third-order valence-corrected chi connectivity index (χ3v) is 12.7. The predicted octanol–water partition coefficient (Wildman–Crippen LogP) is 8.24. The van der Waals surface area contributed by atoms with Crippen molar-refractivity contribution >= 4 is 67.3 Å². The summed E-state index contributed by atoms with van der Waals surface area (Å²) in [5, 5.41) is 65.3. The molecule has 0 aliphatic heterocycles. The van der Waals surface area contributed by atoms with Crippen LogP contribution in [0.15, 0.2) is 129 Å². The molecule has 0 unspecified atom stereocenters. The van der Waals surface area contributed by atoms with Crippen LogP contribution >= 0.6 is 0 Å². The van der Waals surface area contributed by atoms with E-state index < -0.39 is 52.8 Å². The first kappa shape index (κ1) is 47.4. The summed E-state index contributed by atoms with van der Waals surface area (Å²) < 4.78 is 33.0. The molecule has 8 rings (SSSR count). The lowest BCUT2D eigenvalue weighted by Crippen LogP contribution is -2.10. The lowest BCUT2D eigenvalue weighted by atomic mass is 9.98. The fourth-order valence-corrected chi connectivity index (χ4v) is 8.95. The number of nitro groups is 4. The van der Waals surface area contributed by atoms with E-state index in [1.807, 2.05) is 12.8 Å². The van der Waals surface area contributed by atoms with Crippen LogP contribution < -0.4 is 10.9 Å². The number of carboxylic acid groups (broad SMARTS) is 1. The number of aliphatic carboxylic acids is 1. The van der Waals surface area contributed by atoms with Gasteiger partial charge in [0, 0.05) is 93.4 Å². The van der Waals surface area contributed by atoms with Gasteiger partial charge in [0.05, 0.1) is 64.5 Å². The van der Waals surface area contributed by atoms with E-state index in [0.29, 0.717) is 23.1 Å². The minimum atomic E-state index is -4.17. The summed E-state index contributed by atoms with van der Waals surface area (Å²) in [5.41, 5.74) is 6.57. The van der Waals surface area contributed by atoms with Crippen molar-refractivity contribution in [1.29, 1.82) is 0 Å². The monoisotopic (exact) mass is 974 g/mol. The number of hydrazone groups is 2. The minimum absolute atomic E-state index is 0.0314. The highest BCUT2D eigenvalue weighted by Crippen LogP contribution is 2.45. The van der Waals surface area contributed by atoms with E-state index >= 15 is 0 Å². The Kier molecular flexibility index (Phi) is 12.8. The van der Waals surface area contributed by atoms with Gasteiger partial charge in [0.1, 0.15) is 0 Å². The number of carbonyl (C=O) groups is 2. The van der Waals surface area contributed by atoms with E-state index in [1.165, 1.54) is 97.1 Å². The number of nitro benzene ring substituents is 4. The lowest BCUT2D eigenvalue weighted by molar-refractivity contribution is -0.385. The van der Waals surface area contributed by atoms with Gasteiger partial charge in [0.25, 0.3) is 22.7 Å². The molecular formula is C48H30N8O14S. The molecule has 3 N–H and O–H groups in total. The average molecular weight is 975 g/mol. The number of sulfone groups is 1. The molecule has 0 saturated heterocycles. The summed E-state index contributed by atoms with van der Waals surface area (Å²) in [5.74, 6) is 6.69. The second-order valence-corrected chi connectivity index (χ2v) is 17.3. The first-order chi connectivity index (χ1) is 34.0. The molecule has 6 aromatic carbocycles. The number of hydrogen-bond acceptors (Lipinski definition) is 17. The Morgan fingerprint density at radius 3 is 1.55 bits per heavy atom. The highest BCUT2D eigenvalue weighted by atomic mass is 32.2. The largest absolute Gasteiger partial charge is 0.472 e. The summed E-state index contributed by atoms with van der Waals surface area (Å²) in [4.78, 5) is 68.8. The molecule has 0 amide bonds. The molecule has 71 heavy (non-hydrogen) atoms. The van der Waals surface area contributed by atoms with Crippen molar-refractivity contribution < 1.29 is 47.5 Å². The molecule has 2 aliphatic rings. The second kappa shape index (κ2) is 19.2. The zero-order valence-electron chi connectivity index (χ0n) is 36.4. The molecule has 0 bridgehead atoms. The maximum Gasteiger partial charge on any atom is 0.382 e. The first-order valence-corrected chi connectivity index (χ1v) is 22.2. The average Bonchev–Trinajstić information content (AvgIpc) is 3.84. The number of esters is 1. The van der Waals surface area contributed by atoms with Crippen molar-refractivity contribution in [2.45, 2.75) is 29.6 Å². The van der Waals surface area contributed by atoms with E-state index in [2.05, 4.69) is 38.8 Å². The molecule has 0 atom stereocenters. The Morgan fingerprint density at radius 2 is 1.07 bits per heavy atom. The van der Waals surface area contributed by atoms with Crippen molar-refractivity contribution in [2.75, 3.05) is 17.5 Å². The highest BCUT2D eigenvalue weighted by molar-refractivity contribution is 7.91. The number of non-ortho nitro benzene ring substituents is 4. The molecule has 23 heteroatoms. The normalized spacial score (nSPS) is 12.7. The van der Waals surface area contributed by atoms with Crippen LogP contribution in [0.2, 0.25) is 0 Å². The number of nitrogens with one attached hydrogen (secondary N) is 2.